The number of amides is 1. The molecule has 1 aliphatic heterocycles. The first-order valence-electron chi connectivity index (χ1n) is 8.10. The molecule has 0 spiro atoms. The smallest absolute Gasteiger partial charge is 0.341 e. The van der Waals surface area contributed by atoms with Crippen LogP contribution in [0.25, 0.3) is 6.08 Å². The number of hydrogen-bond donors (Lipinski definition) is 2. The number of nitrogens with one attached hydrogen (secondary N) is 1. The molecule has 1 aliphatic rings. The molecule has 1 fully saturated rings. The molecular weight excluding hydrogens is 528 g/mol. The van der Waals surface area contributed by atoms with Crippen molar-refractivity contribution < 1.29 is 24.2 Å². The molecule has 3 rings (SSSR count). The minimum Gasteiger partial charge on any atom is -0.493 e. The Hall–Kier alpha value is -2.30. The number of carboxylic acid groups (broad SMARTS) is 1. The molecule has 0 aromatic heterocycles. The maximum atomic E-state index is 12.8. The summed E-state index contributed by atoms with van der Waals surface area (Å²) in [5.74, 6) is -0.831. The van der Waals surface area contributed by atoms with Gasteiger partial charge in [0.05, 0.1) is 22.2 Å². The van der Waals surface area contributed by atoms with E-state index in [9.17, 15) is 9.59 Å². The molecule has 0 aliphatic carbocycles. The normalized spacial score (nSPS) is 15.1. The van der Waals surface area contributed by atoms with Crippen LogP contribution >= 0.6 is 43.6 Å². The second-order valence-electron chi connectivity index (χ2n) is 5.75. The summed E-state index contributed by atoms with van der Waals surface area (Å²) in [6.45, 7) is -0.511. The summed E-state index contributed by atoms with van der Waals surface area (Å²) in [6.07, 6.45) is 1.65. The maximum Gasteiger partial charge on any atom is 0.341 e. The summed E-state index contributed by atoms with van der Waals surface area (Å²) in [5, 5.41) is 17.1. The summed E-state index contributed by atoms with van der Waals surface area (Å²) in [4.78, 5) is 25.3. The molecule has 1 saturated heterocycles. The van der Waals surface area contributed by atoms with Crippen LogP contribution in [0.3, 0.4) is 0 Å². The minimum atomic E-state index is -1.11. The van der Waals surface area contributed by atoms with E-state index in [1.165, 1.54) is 12.0 Å². The fourth-order valence-corrected chi connectivity index (χ4v) is 4.26. The van der Waals surface area contributed by atoms with Crippen molar-refractivity contribution in [3.8, 4) is 11.5 Å². The first kappa shape index (κ1) is 21.4. The summed E-state index contributed by atoms with van der Waals surface area (Å²) in [6, 6.07) is 10.4. The van der Waals surface area contributed by atoms with E-state index in [1.807, 2.05) is 0 Å². The lowest BCUT2D eigenvalue weighted by Crippen LogP contribution is -2.27. The Morgan fingerprint density at radius 3 is 2.59 bits per heavy atom. The number of anilines is 1. The van der Waals surface area contributed by atoms with Gasteiger partial charge < -0.3 is 14.6 Å². The molecule has 7 nitrogen and oxygen atoms in total. The van der Waals surface area contributed by atoms with Crippen molar-refractivity contribution in [3.63, 3.8) is 0 Å². The molecule has 0 saturated carbocycles. The third kappa shape index (κ3) is 4.82. The highest BCUT2D eigenvalue weighted by Gasteiger charge is 2.33. The van der Waals surface area contributed by atoms with E-state index in [1.54, 1.807) is 42.5 Å². The zero-order chi connectivity index (χ0) is 21.1. The lowest BCUT2D eigenvalue weighted by atomic mass is 10.1. The van der Waals surface area contributed by atoms with Crippen molar-refractivity contribution in [1.82, 2.24) is 0 Å². The minimum absolute atomic E-state index is 0.107. The number of aliphatic carboxylic acids is 1. The van der Waals surface area contributed by atoms with Crippen molar-refractivity contribution in [2.45, 2.75) is 0 Å². The second kappa shape index (κ2) is 9.02. The van der Waals surface area contributed by atoms with Crippen LogP contribution in [0.5, 0.6) is 11.5 Å². The monoisotopic (exact) mass is 540 g/mol. The maximum absolute atomic E-state index is 12.8. The fourth-order valence-electron chi connectivity index (χ4n) is 2.56. The second-order valence-corrected chi connectivity index (χ2v) is 8.55. The SMILES string of the molecule is COc1cc(C=C2SC(=N)N(c3ccc(Br)cc3)C2=O)cc(Br)c1OCC(=O)O. The highest BCUT2D eigenvalue weighted by atomic mass is 79.9. The van der Waals surface area contributed by atoms with Crippen LogP contribution in [0, 0.1) is 5.41 Å². The Balaban J connectivity index is 1.90. The van der Waals surface area contributed by atoms with Crippen molar-refractivity contribution in [2.24, 2.45) is 0 Å². The Kier molecular flexibility index (Phi) is 6.66. The van der Waals surface area contributed by atoms with Crippen molar-refractivity contribution in [1.29, 1.82) is 5.41 Å². The number of methoxy groups -OCH3 is 1. The van der Waals surface area contributed by atoms with E-state index in [-0.39, 0.29) is 16.8 Å². The van der Waals surface area contributed by atoms with Crippen LogP contribution in [0.1, 0.15) is 5.56 Å². The number of rotatable bonds is 6. The van der Waals surface area contributed by atoms with Crippen LogP contribution in [0.2, 0.25) is 0 Å². The molecule has 10 heteroatoms. The number of nitrogens with zero attached hydrogens (tertiary/aromatic N) is 1. The average molecular weight is 542 g/mol. The standard InChI is InChI=1S/C19H14Br2N2O5S/c1-27-14-7-10(6-13(21)17(14)28-9-16(24)25)8-15-18(26)23(19(22)29-15)12-4-2-11(20)3-5-12/h2-8,22H,9H2,1H3,(H,24,25). The number of carbonyl (C=O) groups excluding carboxylic acids is 1. The van der Waals surface area contributed by atoms with E-state index >= 15 is 0 Å². The molecule has 1 heterocycles. The Morgan fingerprint density at radius 2 is 1.97 bits per heavy atom. The van der Waals surface area contributed by atoms with Crippen LogP contribution in [-0.4, -0.2) is 35.9 Å². The summed E-state index contributed by atoms with van der Waals surface area (Å²) in [5.41, 5.74) is 1.24. The van der Waals surface area contributed by atoms with Crippen LogP contribution in [0.4, 0.5) is 5.69 Å². The van der Waals surface area contributed by atoms with Crippen molar-refractivity contribution >= 4 is 72.4 Å². The number of halogens is 2. The molecule has 0 bridgehead atoms. The highest BCUT2D eigenvalue weighted by molar-refractivity contribution is 9.10. The molecule has 1 amide bonds. The van der Waals surface area contributed by atoms with Gasteiger partial charge >= 0.3 is 5.97 Å². The molecule has 2 aromatic rings. The number of hydrogen-bond acceptors (Lipinski definition) is 6. The average Bonchev–Trinajstić information content (AvgIpc) is 2.94. The Labute approximate surface area is 187 Å². The molecule has 0 unspecified atom stereocenters. The fraction of sp³-hybridized carbons (Fsp3) is 0.105. The number of carbonyl (C=O) groups is 2. The molecule has 0 atom stereocenters. The first-order valence-corrected chi connectivity index (χ1v) is 10.5. The van der Waals surface area contributed by atoms with Crippen molar-refractivity contribution in [3.05, 3.63) is 55.8 Å². The number of amidine groups is 1. The number of ether oxygens (including phenoxy) is 2. The molecule has 0 radical (unpaired) electrons. The Bertz CT molecular complexity index is 1020. The topological polar surface area (TPSA) is 99.9 Å². The van der Waals surface area contributed by atoms with E-state index in [2.05, 4.69) is 31.9 Å². The third-order valence-electron chi connectivity index (χ3n) is 3.80. The van der Waals surface area contributed by atoms with Gasteiger partial charge in [0.2, 0.25) is 0 Å². The zero-order valence-electron chi connectivity index (χ0n) is 14.9. The van der Waals surface area contributed by atoms with Gasteiger partial charge in [-0.1, -0.05) is 15.9 Å². The van der Waals surface area contributed by atoms with Gasteiger partial charge in [-0.3, -0.25) is 15.1 Å². The lowest BCUT2D eigenvalue weighted by molar-refractivity contribution is -0.139. The van der Waals surface area contributed by atoms with Gasteiger partial charge in [-0.15, -0.1) is 0 Å². The molecule has 29 heavy (non-hydrogen) atoms. The number of benzene rings is 2. The van der Waals surface area contributed by atoms with E-state index in [0.717, 1.165) is 16.2 Å². The summed E-state index contributed by atoms with van der Waals surface area (Å²) in [7, 11) is 1.44. The Morgan fingerprint density at radius 1 is 1.28 bits per heavy atom. The van der Waals surface area contributed by atoms with Crippen LogP contribution < -0.4 is 14.4 Å². The van der Waals surface area contributed by atoms with E-state index in [0.29, 0.717) is 26.4 Å². The summed E-state index contributed by atoms with van der Waals surface area (Å²) < 4.78 is 11.9. The summed E-state index contributed by atoms with van der Waals surface area (Å²) >= 11 is 7.75. The zero-order valence-corrected chi connectivity index (χ0v) is 18.9. The van der Waals surface area contributed by atoms with Gasteiger partial charge in [-0.2, -0.15) is 0 Å². The van der Waals surface area contributed by atoms with Gasteiger partial charge in [-0.05, 0) is 75.7 Å². The number of carboxylic acids is 1. The van der Waals surface area contributed by atoms with Gasteiger partial charge in [0.25, 0.3) is 5.91 Å². The van der Waals surface area contributed by atoms with E-state index in [4.69, 9.17) is 20.0 Å². The van der Waals surface area contributed by atoms with Gasteiger partial charge in [0.15, 0.2) is 23.3 Å². The van der Waals surface area contributed by atoms with Gasteiger partial charge in [-0.25, -0.2) is 4.79 Å². The van der Waals surface area contributed by atoms with Gasteiger partial charge in [0.1, 0.15) is 0 Å². The molecule has 2 N–H and O–H groups in total. The van der Waals surface area contributed by atoms with Crippen molar-refractivity contribution in [2.75, 3.05) is 18.6 Å². The molecular formula is C19H14Br2N2O5S. The quantitative estimate of drug-likeness (QED) is 0.512. The predicted octanol–water partition coefficient (Wildman–Crippen LogP) is 4.74. The van der Waals surface area contributed by atoms with Crippen LogP contribution in [-0.2, 0) is 9.59 Å². The molecule has 150 valence electrons. The first-order chi connectivity index (χ1) is 13.8. The lowest BCUT2D eigenvalue weighted by Gasteiger charge is -2.14. The van der Waals surface area contributed by atoms with Gasteiger partial charge in [0, 0.05) is 4.47 Å². The largest absolute Gasteiger partial charge is 0.493 e. The molecule has 2 aromatic carbocycles. The number of thioether (sulfide) groups is 1. The van der Waals surface area contributed by atoms with Crippen LogP contribution in [0.15, 0.2) is 50.2 Å². The highest BCUT2D eigenvalue weighted by Crippen LogP contribution is 2.40. The van der Waals surface area contributed by atoms with E-state index < -0.39 is 12.6 Å². The predicted molar refractivity (Wildman–Crippen MR) is 119 cm³/mol. The third-order valence-corrected chi connectivity index (χ3v) is 5.80.